The zero-order valence-electron chi connectivity index (χ0n) is 40.3. The maximum atomic E-state index is 14.4. The largest absolute Gasteiger partial charge is 0.325 e. The van der Waals surface area contributed by atoms with Crippen LogP contribution in [0.25, 0.3) is 55.3 Å². The van der Waals surface area contributed by atoms with Gasteiger partial charge in [-0.1, -0.05) is 149 Å². The van der Waals surface area contributed by atoms with Crippen molar-refractivity contribution in [2.45, 2.75) is 107 Å². The number of para-hydroxylation sites is 2. The molecule has 1 aliphatic heterocycles. The van der Waals surface area contributed by atoms with E-state index in [1.807, 2.05) is 54.6 Å². The Morgan fingerprint density at radius 2 is 1.13 bits per heavy atom. The van der Waals surface area contributed by atoms with Gasteiger partial charge < -0.3 is 15.6 Å². The van der Waals surface area contributed by atoms with E-state index in [0.717, 1.165) is 110 Å². The summed E-state index contributed by atoms with van der Waals surface area (Å²) in [5, 5.41) is 8.71. The van der Waals surface area contributed by atoms with Crippen LogP contribution in [0.3, 0.4) is 0 Å². The van der Waals surface area contributed by atoms with Gasteiger partial charge >= 0.3 is 0 Å². The highest BCUT2D eigenvalue weighted by Crippen LogP contribution is 2.47. The van der Waals surface area contributed by atoms with Crippen molar-refractivity contribution in [2.24, 2.45) is 21.8 Å². The third-order valence-corrected chi connectivity index (χ3v) is 13.2. The summed E-state index contributed by atoms with van der Waals surface area (Å²) in [5.74, 6) is 1.34. The highest BCUT2D eigenvalue weighted by Gasteiger charge is 2.34. The number of rotatable bonds is 16. The number of amides is 2. The van der Waals surface area contributed by atoms with Gasteiger partial charge in [-0.15, -0.1) is 0 Å². The molecule has 8 rings (SSSR count). The third kappa shape index (κ3) is 9.92. The number of carbonyl (C=O) groups is 2. The fourth-order valence-corrected chi connectivity index (χ4v) is 9.40. The fraction of sp³-hybridized carbons (Fsp3) is 0.310. The summed E-state index contributed by atoms with van der Waals surface area (Å²) in [4.78, 5) is 53.8. The van der Waals surface area contributed by atoms with Gasteiger partial charge in [-0.25, -0.2) is 20.0 Å². The molecular weight excluding hydrogens is 827 g/mol. The van der Waals surface area contributed by atoms with Gasteiger partial charge in [-0.3, -0.25) is 9.59 Å². The van der Waals surface area contributed by atoms with Gasteiger partial charge in [0.05, 0.1) is 33.6 Å². The Morgan fingerprint density at radius 1 is 0.597 bits per heavy atom. The normalized spacial score (nSPS) is 14.2. The number of hydrogen-bond donors (Lipinski definition) is 3. The van der Waals surface area contributed by atoms with Gasteiger partial charge in [0.25, 0.3) is 0 Å². The molecule has 7 aromatic rings. The molecule has 0 bridgehead atoms. The lowest BCUT2D eigenvalue weighted by Crippen LogP contribution is -2.35. The molecule has 0 spiro atoms. The fourth-order valence-electron chi connectivity index (χ4n) is 9.40. The number of aliphatic imine (C=N–C) groups is 2. The average Bonchev–Trinajstić information content (AvgIpc) is 3.85. The number of hydrogen-bond acceptors (Lipinski definition) is 5. The Morgan fingerprint density at radius 3 is 1.70 bits per heavy atom. The Kier molecular flexibility index (Phi) is 14.4. The second kappa shape index (κ2) is 20.7. The molecule has 1 aliphatic rings. The molecule has 4 aromatic carbocycles. The number of unbranched alkanes of at least 4 members (excludes halogenated alkanes) is 2. The van der Waals surface area contributed by atoms with Crippen LogP contribution in [0.5, 0.6) is 0 Å². The van der Waals surface area contributed by atoms with Crippen LogP contribution >= 0.6 is 0 Å². The molecule has 4 heterocycles. The minimum absolute atomic E-state index is 0.0522. The number of nitrogens with zero attached hydrogens (tertiary/aromatic N) is 4. The first-order chi connectivity index (χ1) is 32.5. The number of aromatic amines is 1. The zero-order chi connectivity index (χ0) is 47.2. The van der Waals surface area contributed by atoms with E-state index < -0.39 is 0 Å². The van der Waals surface area contributed by atoms with E-state index in [1.54, 1.807) is 0 Å². The van der Waals surface area contributed by atoms with Crippen molar-refractivity contribution in [3.8, 4) is 22.4 Å². The Labute approximate surface area is 395 Å². The van der Waals surface area contributed by atoms with Crippen LogP contribution < -0.4 is 10.6 Å². The molecule has 0 saturated heterocycles. The molecule has 9 nitrogen and oxygen atoms in total. The van der Waals surface area contributed by atoms with Gasteiger partial charge in [-0.05, 0) is 99.9 Å². The van der Waals surface area contributed by atoms with E-state index in [0.29, 0.717) is 53.1 Å². The van der Waals surface area contributed by atoms with Crippen molar-refractivity contribution in [3.05, 3.63) is 143 Å². The van der Waals surface area contributed by atoms with Crippen LogP contribution in [-0.4, -0.2) is 38.4 Å². The minimum atomic E-state index is -0.189. The van der Waals surface area contributed by atoms with Crippen molar-refractivity contribution in [2.75, 3.05) is 5.32 Å². The molecule has 0 fully saturated rings. The van der Waals surface area contributed by atoms with Gasteiger partial charge in [0.1, 0.15) is 17.5 Å². The molecule has 9 heteroatoms. The Hall–Kier alpha value is -7.00. The van der Waals surface area contributed by atoms with Gasteiger partial charge in [0.15, 0.2) is 5.84 Å². The number of amidine groups is 2. The van der Waals surface area contributed by atoms with Crippen LogP contribution in [0.2, 0.25) is 0 Å². The van der Waals surface area contributed by atoms with E-state index in [4.69, 9.17) is 20.0 Å². The lowest BCUT2D eigenvalue weighted by atomic mass is 9.92. The number of aryl methyl sites for hydroxylation is 4. The highest BCUT2D eigenvalue weighted by molar-refractivity contribution is 6.51. The zero-order valence-corrected chi connectivity index (χ0v) is 40.3. The number of H-pyrrole nitrogens is 1. The minimum Gasteiger partial charge on any atom is -0.325 e. The lowest BCUT2D eigenvalue weighted by molar-refractivity contribution is -0.124. The maximum Gasteiger partial charge on any atom is 0.228 e. The lowest BCUT2D eigenvalue weighted by Gasteiger charge is -2.17. The molecular formula is C58H63N7O2. The van der Waals surface area contributed by atoms with E-state index in [2.05, 4.69) is 126 Å². The van der Waals surface area contributed by atoms with Crippen molar-refractivity contribution in [1.82, 2.24) is 20.3 Å². The number of benzene rings is 4. The molecule has 2 unspecified atom stereocenters. The van der Waals surface area contributed by atoms with Crippen LogP contribution in [0.1, 0.15) is 113 Å². The first kappa shape index (κ1) is 46.5. The summed E-state index contributed by atoms with van der Waals surface area (Å²) in [6, 6.07) is 37.1. The highest BCUT2D eigenvalue weighted by atomic mass is 16.2. The first-order valence-electron chi connectivity index (χ1n) is 24.2. The van der Waals surface area contributed by atoms with Gasteiger partial charge in [0, 0.05) is 33.7 Å². The Balaban J connectivity index is 1.44. The SMILES string of the molecule is CCCCC(CC)C(=O)NC1=NC(=Nc2[nH]c(NC(=O)C(CC)CCCC)c(-c3ccc4ccccc4n3)c2-c2ccc(C)cc2C)C(c2ccc(C)cc2C)=C1c1ccc2ccccc2n1. The van der Waals surface area contributed by atoms with Crippen LogP contribution in [0.4, 0.5) is 11.6 Å². The van der Waals surface area contributed by atoms with Gasteiger partial charge in [0.2, 0.25) is 11.8 Å². The molecule has 3 aromatic heterocycles. The van der Waals surface area contributed by atoms with Crippen molar-refractivity contribution in [3.63, 3.8) is 0 Å². The predicted octanol–water partition coefficient (Wildman–Crippen LogP) is 14.2. The summed E-state index contributed by atoms with van der Waals surface area (Å²) >= 11 is 0. The summed E-state index contributed by atoms with van der Waals surface area (Å²) in [7, 11) is 0. The maximum absolute atomic E-state index is 14.4. The standard InChI is InChI=1S/C58H63N7O2/c1-9-13-19-39(11-3)57(66)64-55-51(47-31-27-41-21-15-17-23-45(41)59-47)49(43-29-25-35(5)33-37(43)7)53(62-55)61-54-50(44-30-26-36(6)34-38(44)8)52(48-32-28-42-22-16-18-24-46(42)60-48)56(63-54)65-58(67)40(12-4)20-14-10-2/h15-18,21-34,39-40,62H,9-14,19-20H2,1-8H3,(H,64,66)(H,61,63,65,67). The summed E-state index contributed by atoms with van der Waals surface area (Å²) < 4.78 is 0. The summed E-state index contributed by atoms with van der Waals surface area (Å²) in [5.41, 5.74) is 12.2. The predicted molar refractivity (Wildman–Crippen MR) is 279 cm³/mol. The first-order valence-corrected chi connectivity index (χ1v) is 24.2. The molecule has 0 saturated carbocycles. The van der Waals surface area contributed by atoms with E-state index in [1.165, 1.54) is 0 Å². The number of pyridine rings is 2. The van der Waals surface area contributed by atoms with Crippen molar-refractivity contribution >= 4 is 68.1 Å². The van der Waals surface area contributed by atoms with E-state index >= 15 is 0 Å². The monoisotopic (exact) mass is 890 g/mol. The van der Waals surface area contributed by atoms with E-state index in [-0.39, 0.29) is 23.7 Å². The summed E-state index contributed by atoms with van der Waals surface area (Å²) in [6.45, 7) is 16.8. The average molecular weight is 890 g/mol. The second-order valence-electron chi connectivity index (χ2n) is 18.1. The topological polar surface area (TPSA) is 124 Å². The number of carbonyl (C=O) groups excluding carboxylic acids is 2. The van der Waals surface area contributed by atoms with Crippen molar-refractivity contribution < 1.29 is 9.59 Å². The van der Waals surface area contributed by atoms with Crippen LogP contribution in [-0.2, 0) is 9.59 Å². The summed E-state index contributed by atoms with van der Waals surface area (Å²) in [6.07, 6.45) is 6.90. The van der Waals surface area contributed by atoms with E-state index in [9.17, 15) is 9.59 Å². The molecule has 67 heavy (non-hydrogen) atoms. The van der Waals surface area contributed by atoms with Crippen molar-refractivity contribution in [1.29, 1.82) is 0 Å². The molecule has 3 N–H and O–H groups in total. The molecule has 2 atom stereocenters. The Bertz CT molecular complexity index is 3080. The molecule has 0 radical (unpaired) electrons. The smallest absolute Gasteiger partial charge is 0.228 e. The molecule has 342 valence electrons. The van der Waals surface area contributed by atoms with Crippen LogP contribution in [0.15, 0.2) is 119 Å². The number of anilines is 1. The third-order valence-electron chi connectivity index (χ3n) is 13.2. The second-order valence-corrected chi connectivity index (χ2v) is 18.1. The number of aromatic nitrogens is 3. The molecule has 2 amide bonds. The van der Waals surface area contributed by atoms with Crippen LogP contribution in [0, 0.1) is 39.5 Å². The molecule has 0 aliphatic carbocycles. The number of nitrogens with one attached hydrogen (secondary N) is 3. The quantitative estimate of drug-likeness (QED) is 0.0893. The van der Waals surface area contributed by atoms with Gasteiger partial charge in [-0.2, -0.15) is 0 Å². The number of fused-ring (bicyclic) bond motifs is 2.